The van der Waals surface area contributed by atoms with Crippen LogP contribution in [0.15, 0.2) is 12.5 Å². The number of hydrogen-bond acceptors (Lipinski definition) is 4. The summed E-state index contributed by atoms with van der Waals surface area (Å²) in [5.41, 5.74) is 1.38. The second-order valence-corrected chi connectivity index (χ2v) is 6.16. The second-order valence-electron chi connectivity index (χ2n) is 6.16. The second kappa shape index (κ2) is 8.08. The van der Waals surface area contributed by atoms with Gasteiger partial charge in [-0.3, -0.25) is 9.69 Å². The van der Waals surface area contributed by atoms with Gasteiger partial charge in [0, 0.05) is 31.4 Å². The summed E-state index contributed by atoms with van der Waals surface area (Å²) in [5, 5.41) is 2.97. The van der Waals surface area contributed by atoms with Gasteiger partial charge in [0.25, 0.3) is 5.91 Å². The molecule has 0 spiro atoms. The summed E-state index contributed by atoms with van der Waals surface area (Å²) in [5.74, 6) is 0.114. The molecule has 1 aromatic heterocycles. The first-order chi connectivity index (χ1) is 9.84. The minimum atomic E-state index is -0.0910. The van der Waals surface area contributed by atoms with Crippen molar-refractivity contribution in [2.24, 2.45) is 0 Å². The average Bonchev–Trinajstić information content (AvgIpc) is 2.42. The summed E-state index contributed by atoms with van der Waals surface area (Å²) < 4.78 is 0. The van der Waals surface area contributed by atoms with Crippen LogP contribution in [0.1, 0.15) is 63.5 Å². The first-order valence-electron chi connectivity index (χ1n) is 7.68. The van der Waals surface area contributed by atoms with Crippen LogP contribution >= 0.6 is 0 Å². The fourth-order valence-electron chi connectivity index (χ4n) is 2.48. The molecule has 0 aromatic carbocycles. The molecule has 5 nitrogen and oxygen atoms in total. The van der Waals surface area contributed by atoms with Gasteiger partial charge in [0.15, 0.2) is 0 Å². The zero-order chi connectivity index (χ0) is 16.0. The number of nitrogens with one attached hydrogen (secondary N) is 1. The topological polar surface area (TPSA) is 58.1 Å². The Balaban J connectivity index is 2.63. The molecule has 21 heavy (non-hydrogen) atoms. The Labute approximate surface area is 128 Å². The Kier molecular flexibility index (Phi) is 6.75. The van der Waals surface area contributed by atoms with Gasteiger partial charge in [0.05, 0.1) is 11.3 Å². The predicted octanol–water partition coefficient (Wildman–Crippen LogP) is 2.45. The molecule has 1 rings (SSSR count). The average molecular weight is 292 g/mol. The largest absolute Gasteiger partial charge is 0.351 e. The molecule has 0 atom stereocenters. The molecule has 0 radical (unpaired) electrons. The Morgan fingerprint density at radius 2 is 1.81 bits per heavy atom. The monoisotopic (exact) mass is 292 g/mol. The van der Waals surface area contributed by atoms with E-state index < -0.39 is 0 Å². The first kappa shape index (κ1) is 17.6. The third-order valence-corrected chi connectivity index (χ3v) is 3.52. The van der Waals surface area contributed by atoms with Crippen LogP contribution in [0.3, 0.4) is 0 Å². The van der Waals surface area contributed by atoms with Crippen molar-refractivity contribution in [1.82, 2.24) is 20.2 Å². The lowest BCUT2D eigenvalue weighted by atomic mass is 10.0. The van der Waals surface area contributed by atoms with Crippen LogP contribution < -0.4 is 5.32 Å². The predicted molar refractivity (Wildman–Crippen MR) is 85.4 cm³/mol. The summed E-state index contributed by atoms with van der Waals surface area (Å²) in [7, 11) is 0. The summed E-state index contributed by atoms with van der Waals surface area (Å²) in [6.45, 7) is 14.2. The van der Waals surface area contributed by atoms with Crippen molar-refractivity contribution in [1.29, 1.82) is 0 Å². The molecule has 0 saturated carbocycles. The van der Waals surface area contributed by atoms with E-state index in [1.165, 1.54) is 6.33 Å². The maximum Gasteiger partial charge on any atom is 0.254 e. The van der Waals surface area contributed by atoms with Gasteiger partial charge in [-0.25, -0.2) is 9.97 Å². The fourth-order valence-corrected chi connectivity index (χ4v) is 2.48. The highest BCUT2D eigenvalue weighted by Gasteiger charge is 2.16. The molecular formula is C16H28N4O. The lowest BCUT2D eigenvalue weighted by molar-refractivity contribution is 0.0937. The number of amides is 1. The van der Waals surface area contributed by atoms with Crippen molar-refractivity contribution in [3.63, 3.8) is 0 Å². The van der Waals surface area contributed by atoms with Gasteiger partial charge >= 0.3 is 0 Å². The van der Waals surface area contributed by atoms with Crippen LogP contribution in [-0.4, -0.2) is 45.9 Å². The number of aromatic nitrogens is 2. The molecule has 1 N–H and O–H groups in total. The summed E-state index contributed by atoms with van der Waals surface area (Å²) >= 11 is 0. The number of rotatable bonds is 7. The zero-order valence-electron chi connectivity index (χ0n) is 14.1. The smallest absolute Gasteiger partial charge is 0.254 e. The number of hydrogen-bond donors (Lipinski definition) is 1. The minimum absolute atomic E-state index is 0.0910. The summed E-state index contributed by atoms with van der Waals surface area (Å²) in [6, 6.07) is 0.932. The molecule has 1 heterocycles. The molecule has 0 saturated heterocycles. The molecule has 0 aliphatic carbocycles. The number of nitrogens with zero attached hydrogens (tertiary/aromatic N) is 3. The van der Waals surface area contributed by atoms with Gasteiger partial charge in [0.2, 0.25) is 0 Å². The lowest BCUT2D eigenvalue weighted by Crippen LogP contribution is -2.42. The van der Waals surface area contributed by atoms with Crippen molar-refractivity contribution in [2.75, 3.05) is 13.1 Å². The van der Waals surface area contributed by atoms with E-state index in [1.54, 1.807) is 6.20 Å². The van der Waals surface area contributed by atoms with Crippen molar-refractivity contribution >= 4 is 5.91 Å². The summed E-state index contributed by atoms with van der Waals surface area (Å²) in [6.07, 6.45) is 3.09. The van der Waals surface area contributed by atoms with Crippen LogP contribution in [0, 0.1) is 0 Å². The van der Waals surface area contributed by atoms with Crippen LogP contribution in [0.2, 0.25) is 0 Å². The quantitative estimate of drug-likeness (QED) is 0.838. The van der Waals surface area contributed by atoms with Crippen LogP contribution in [-0.2, 0) is 0 Å². The van der Waals surface area contributed by atoms with Crippen LogP contribution in [0.25, 0.3) is 0 Å². The van der Waals surface area contributed by atoms with Crippen LogP contribution in [0.4, 0.5) is 0 Å². The van der Waals surface area contributed by atoms with E-state index in [0.717, 1.165) is 12.2 Å². The van der Waals surface area contributed by atoms with Crippen LogP contribution in [0.5, 0.6) is 0 Å². The molecule has 0 bridgehead atoms. The molecule has 0 aliphatic rings. The molecule has 0 aliphatic heterocycles. The molecule has 0 unspecified atom stereocenters. The third kappa shape index (κ3) is 5.08. The van der Waals surface area contributed by atoms with E-state index in [1.807, 2.05) is 13.8 Å². The number of carbonyl (C=O) groups excluding carboxylic acids is 1. The van der Waals surface area contributed by atoms with E-state index in [2.05, 4.69) is 47.9 Å². The van der Waals surface area contributed by atoms with Crippen molar-refractivity contribution in [2.45, 2.75) is 59.5 Å². The van der Waals surface area contributed by atoms with Gasteiger partial charge in [-0.2, -0.15) is 0 Å². The van der Waals surface area contributed by atoms with Gasteiger partial charge in [-0.1, -0.05) is 13.8 Å². The Morgan fingerprint density at radius 3 is 2.33 bits per heavy atom. The normalized spacial score (nSPS) is 11.7. The fraction of sp³-hybridized carbons (Fsp3) is 0.688. The molecule has 5 heteroatoms. The highest BCUT2D eigenvalue weighted by molar-refractivity contribution is 5.95. The van der Waals surface area contributed by atoms with E-state index >= 15 is 0 Å². The van der Waals surface area contributed by atoms with Crippen molar-refractivity contribution in [3.8, 4) is 0 Å². The maximum absolute atomic E-state index is 12.3. The molecule has 1 aromatic rings. The van der Waals surface area contributed by atoms with Crippen molar-refractivity contribution < 1.29 is 4.79 Å². The Morgan fingerprint density at radius 1 is 1.19 bits per heavy atom. The zero-order valence-corrected chi connectivity index (χ0v) is 14.1. The van der Waals surface area contributed by atoms with E-state index in [-0.39, 0.29) is 11.8 Å². The molecule has 1 amide bonds. The van der Waals surface area contributed by atoms with Gasteiger partial charge in [-0.15, -0.1) is 0 Å². The summed E-state index contributed by atoms with van der Waals surface area (Å²) in [4.78, 5) is 22.8. The number of carbonyl (C=O) groups is 1. The molecule has 0 fully saturated rings. The van der Waals surface area contributed by atoms with E-state index in [0.29, 0.717) is 24.2 Å². The highest BCUT2D eigenvalue weighted by Crippen LogP contribution is 2.15. The van der Waals surface area contributed by atoms with Gasteiger partial charge in [-0.05, 0) is 33.6 Å². The SMILES string of the molecule is CC(C)c1ncncc1C(=O)NCCN(C(C)C)C(C)C. The van der Waals surface area contributed by atoms with Gasteiger partial charge in [0.1, 0.15) is 6.33 Å². The lowest BCUT2D eigenvalue weighted by Gasteiger charge is -2.30. The standard InChI is InChI=1S/C16H28N4O/c1-11(2)15-14(9-17-10-19-15)16(21)18-7-8-20(12(3)4)13(5)6/h9-13H,7-8H2,1-6H3,(H,18,21). The van der Waals surface area contributed by atoms with Crippen molar-refractivity contribution in [3.05, 3.63) is 23.8 Å². The third-order valence-electron chi connectivity index (χ3n) is 3.52. The molecular weight excluding hydrogens is 264 g/mol. The van der Waals surface area contributed by atoms with E-state index in [4.69, 9.17) is 0 Å². The molecule has 118 valence electrons. The minimum Gasteiger partial charge on any atom is -0.351 e. The van der Waals surface area contributed by atoms with E-state index in [9.17, 15) is 4.79 Å². The highest BCUT2D eigenvalue weighted by atomic mass is 16.1. The maximum atomic E-state index is 12.3. The van der Waals surface area contributed by atoms with Gasteiger partial charge < -0.3 is 5.32 Å². The Bertz CT molecular complexity index is 449. The first-order valence-corrected chi connectivity index (χ1v) is 7.68. The Hall–Kier alpha value is -1.49.